The SMILES string of the molecule is CCc1ccc2c(n1)N(C(=O)NC(CC)c1ccc(OC(F)(F)F)cc1)CC(=O)N2. The highest BCUT2D eigenvalue weighted by molar-refractivity contribution is 6.08. The Hall–Kier alpha value is -3.30. The van der Waals surface area contributed by atoms with Crippen LogP contribution in [0.25, 0.3) is 0 Å². The van der Waals surface area contributed by atoms with Crippen molar-refractivity contribution in [3.05, 3.63) is 47.7 Å². The Kier molecular flexibility index (Phi) is 6.14. The fraction of sp³-hybridized carbons (Fsp3) is 0.350. The molecular formula is C20H21F3N4O3. The Morgan fingerprint density at radius 3 is 2.53 bits per heavy atom. The molecule has 3 rings (SSSR count). The lowest BCUT2D eigenvalue weighted by Gasteiger charge is -2.30. The van der Waals surface area contributed by atoms with Gasteiger partial charge in [-0.25, -0.2) is 9.78 Å². The highest BCUT2D eigenvalue weighted by Gasteiger charge is 2.32. The second-order valence-electron chi connectivity index (χ2n) is 6.69. The minimum absolute atomic E-state index is 0.187. The minimum Gasteiger partial charge on any atom is -0.406 e. The van der Waals surface area contributed by atoms with E-state index in [2.05, 4.69) is 20.4 Å². The van der Waals surface area contributed by atoms with Crippen molar-refractivity contribution in [2.24, 2.45) is 0 Å². The Labute approximate surface area is 171 Å². The summed E-state index contributed by atoms with van der Waals surface area (Å²) in [5.41, 5.74) is 1.83. The number of urea groups is 1. The van der Waals surface area contributed by atoms with Gasteiger partial charge in [-0.15, -0.1) is 13.2 Å². The number of nitrogens with zero attached hydrogens (tertiary/aromatic N) is 2. The average molecular weight is 422 g/mol. The van der Waals surface area contributed by atoms with Crippen LogP contribution >= 0.6 is 0 Å². The Bertz CT molecular complexity index is 932. The van der Waals surface area contributed by atoms with Crippen LogP contribution in [0.1, 0.15) is 37.6 Å². The number of hydrogen-bond acceptors (Lipinski definition) is 4. The average Bonchev–Trinajstić information content (AvgIpc) is 2.70. The van der Waals surface area contributed by atoms with Gasteiger partial charge in [0.15, 0.2) is 5.82 Å². The van der Waals surface area contributed by atoms with Crippen molar-refractivity contribution >= 4 is 23.4 Å². The van der Waals surface area contributed by atoms with Crippen LogP contribution < -0.4 is 20.3 Å². The maximum Gasteiger partial charge on any atom is 0.573 e. The van der Waals surface area contributed by atoms with Crippen molar-refractivity contribution in [1.29, 1.82) is 0 Å². The quantitative estimate of drug-likeness (QED) is 0.758. The maximum absolute atomic E-state index is 12.9. The Balaban J connectivity index is 1.78. The molecule has 160 valence electrons. The normalized spacial score (nSPS) is 14.6. The lowest BCUT2D eigenvalue weighted by molar-refractivity contribution is -0.274. The van der Waals surface area contributed by atoms with E-state index in [9.17, 15) is 22.8 Å². The van der Waals surface area contributed by atoms with E-state index in [1.165, 1.54) is 29.2 Å². The first kappa shape index (κ1) is 21.4. The fourth-order valence-electron chi connectivity index (χ4n) is 3.11. The van der Waals surface area contributed by atoms with Crippen LogP contribution in [0.2, 0.25) is 0 Å². The second kappa shape index (κ2) is 8.60. The number of carbonyl (C=O) groups is 2. The summed E-state index contributed by atoms with van der Waals surface area (Å²) in [6, 6.07) is 7.79. The first-order valence-electron chi connectivity index (χ1n) is 9.43. The summed E-state index contributed by atoms with van der Waals surface area (Å²) in [5, 5.41) is 5.51. The number of carbonyl (C=O) groups excluding carboxylic acids is 2. The zero-order valence-electron chi connectivity index (χ0n) is 16.4. The molecule has 1 atom stereocenters. The number of amides is 3. The molecule has 0 radical (unpaired) electrons. The molecule has 1 unspecified atom stereocenters. The topological polar surface area (TPSA) is 83.6 Å². The van der Waals surface area contributed by atoms with Crippen LogP contribution in [-0.4, -0.2) is 29.8 Å². The molecule has 0 fully saturated rings. The van der Waals surface area contributed by atoms with Crippen LogP contribution in [0, 0.1) is 0 Å². The molecule has 1 aromatic carbocycles. The summed E-state index contributed by atoms with van der Waals surface area (Å²) in [6.45, 7) is 3.57. The van der Waals surface area contributed by atoms with Crippen molar-refractivity contribution < 1.29 is 27.5 Å². The van der Waals surface area contributed by atoms with Crippen molar-refractivity contribution in [2.45, 2.75) is 39.1 Å². The van der Waals surface area contributed by atoms with E-state index in [1.807, 2.05) is 13.8 Å². The monoisotopic (exact) mass is 422 g/mol. The zero-order chi connectivity index (χ0) is 21.9. The van der Waals surface area contributed by atoms with Crippen molar-refractivity contribution in [3.63, 3.8) is 0 Å². The van der Waals surface area contributed by atoms with Crippen LogP contribution in [0.15, 0.2) is 36.4 Å². The number of nitrogens with one attached hydrogen (secondary N) is 2. The van der Waals surface area contributed by atoms with Gasteiger partial charge in [0.1, 0.15) is 12.3 Å². The van der Waals surface area contributed by atoms with Crippen molar-refractivity contribution in [1.82, 2.24) is 10.3 Å². The molecular weight excluding hydrogens is 401 g/mol. The first-order valence-corrected chi connectivity index (χ1v) is 9.43. The standard InChI is InChI=1S/C20H21F3N4O3/c1-3-13-7-10-16-18(24-13)27(11-17(28)25-16)19(29)26-15(4-2)12-5-8-14(9-6-12)30-20(21,22)23/h5-10,15H,3-4,11H2,1-2H3,(H,25,28)(H,26,29). The number of anilines is 2. The number of pyridine rings is 1. The van der Waals surface area contributed by atoms with E-state index in [0.29, 0.717) is 29.9 Å². The van der Waals surface area contributed by atoms with Gasteiger partial charge in [0.25, 0.3) is 0 Å². The van der Waals surface area contributed by atoms with E-state index >= 15 is 0 Å². The van der Waals surface area contributed by atoms with E-state index in [-0.39, 0.29) is 18.2 Å². The van der Waals surface area contributed by atoms with E-state index in [4.69, 9.17) is 0 Å². The number of fused-ring (bicyclic) bond motifs is 1. The van der Waals surface area contributed by atoms with Crippen LogP contribution in [0.5, 0.6) is 5.75 Å². The van der Waals surface area contributed by atoms with E-state index in [0.717, 1.165) is 5.69 Å². The molecule has 3 amide bonds. The molecule has 1 aliphatic heterocycles. The third-order valence-electron chi connectivity index (χ3n) is 4.59. The van der Waals surface area contributed by atoms with Crippen molar-refractivity contribution in [3.8, 4) is 5.75 Å². The van der Waals surface area contributed by atoms with Gasteiger partial charge in [-0.3, -0.25) is 9.69 Å². The molecule has 0 saturated carbocycles. The number of benzene rings is 1. The van der Waals surface area contributed by atoms with Crippen LogP contribution in [-0.2, 0) is 11.2 Å². The number of hydrogen-bond donors (Lipinski definition) is 2. The number of alkyl halides is 3. The molecule has 2 heterocycles. The first-order chi connectivity index (χ1) is 14.2. The lowest BCUT2D eigenvalue weighted by Crippen LogP contribution is -2.48. The number of halogens is 3. The van der Waals surface area contributed by atoms with Gasteiger partial charge < -0.3 is 15.4 Å². The minimum atomic E-state index is -4.77. The summed E-state index contributed by atoms with van der Waals surface area (Å²) in [7, 11) is 0. The maximum atomic E-state index is 12.9. The summed E-state index contributed by atoms with van der Waals surface area (Å²) in [4.78, 5) is 30.6. The molecule has 2 aromatic rings. The van der Waals surface area contributed by atoms with Gasteiger partial charge in [-0.05, 0) is 42.7 Å². The molecule has 1 aromatic heterocycles. The summed E-state index contributed by atoms with van der Waals surface area (Å²) >= 11 is 0. The Morgan fingerprint density at radius 2 is 1.93 bits per heavy atom. The third-order valence-corrected chi connectivity index (χ3v) is 4.59. The van der Waals surface area contributed by atoms with Gasteiger partial charge in [0, 0.05) is 5.69 Å². The van der Waals surface area contributed by atoms with Gasteiger partial charge in [-0.2, -0.15) is 0 Å². The molecule has 2 N–H and O–H groups in total. The Morgan fingerprint density at radius 1 is 1.23 bits per heavy atom. The molecule has 10 heteroatoms. The molecule has 0 spiro atoms. The molecule has 0 saturated heterocycles. The summed E-state index contributed by atoms with van der Waals surface area (Å²) in [6.07, 6.45) is -3.62. The van der Waals surface area contributed by atoms with Crippen LogP contribution in [0.3, 0.4) is 0 Å². The highest BCUT2D eigenvalue weighted by Crippen LogP contribution is 2.29. The lowest BCUT2D eigenvalue weighted by atomic mass is 10.0. The molecule has 0 bridgehead atoms. The van der Waals surface area contributed by atoms with Gasteiger partial charge in [0.2, 0.25) is 5.91 Å². The van der Waals surface area contributed by atoms with Gasteiger partial charge in [0.05, 0.1) is 11.7 Å². The smallest absolute Gasteiger partial charge is 0.406 e. The van der Waals surface area contributed by atoms with E-state index < -0.39 is 18.4 Å². The number of ether oxygens (including phenoxy) is 1. The fourth-order valence-corrected chi connectivity index (χ4v) is 3.11. The number of rotatable bonds is 5. The summed E-state index contributed by atoms with van der Waals surface area (Å²) in [5.74, 6) is -0.328. The summed E-state index contributed by atoms with van der Waals surface area (Å²) < 4.78 is 40.9. The predicted molar refractivity (Wildman–Crippen MR) is 104 cm³/mol. The molecule has 1 aliphatic rings. The van der Waals surface area contributed by atoms with Gasteiger partial charge in [-0.1, -0.05) is 26.0 Å². The van der Waals surface area contributed by atoms with Crippen molar-refractivity contribution in [2.75, 3.05) is 16.8 Å². The largest absolute Gasteiger partial charge is 0.573 e. The highest BCUT2D eigenvalue weighted by atomic mass is 19.4. The van der Waals surface area contributed by atoms with Crippen LogP contribution in [0.4, 0.5) is 29.5 Å². The molecule has 30 heavy (non-hydrogen) atoms. The second-order valence-corrected chi connectivity index (χ2v) is 6.69. The van der Waals surface area contributed by atoms with Gasteiger partial charge >= 0.3 is 12.4 Å². The third kappa shape index (κ3) is 5.00. The number of aryl methyl sites for hydroxylation is 1. The van der Waals surface area contributed by atoms with E-state index in [1.54, 1.807) is 12.1 Å². The number of aromatic nitrogens is 1. The predicted octanol–water partition coefficient (Wildman–Crippen LogP) is 4.16. The molecule has 0 aliphatic carbocycles. The zero-order valence-corrected chi connectivity index (χ0v) is 16.4. The molecule has 7 nitrogen and oxygen atoms in total.